The maximum atomic E-state index is 13.2. The molecule has 112 valence electrons. The van der Waals surface area contributed by atoms with Gasteiger partial charge in [0.2, 0.25) is 0 Å². The van der Waals surface area contributed by atoms with E-state index in [1.807, 2.05) is 31.2 Å². The lowest BCUT2D eigenvalue weighted by molar-refractivity contribution is 0.626. The van der Waals surface area contributed by atoms with Crippen molar-refractivity contribution in [3.8, 4) is 0 Å². The predicted molar refractivity (Wildman–Crippen MR) is 88.5 cm³/mol. The van der Waals surface area contributed by atoms with E-state index in [4.69, 9.17) is 0 Å². The highest BCUT2D eigenvalue weighted by molar-refractivity contribution is 7.98. The summed E-state index contributed by atoms with van der Waals surface area (Å²) in [5, 5.41) is 0.882. The normalized spacial score (nSPS) is 10.8. The molecule has 0 spiro atoms. The summed E-state index contributed by atoms with van der Waals surface area (Å²) in [7, 11) is 0. The lowest BCUT2D eigenvalue weighted by Crippen LogP contribution is -1.90. The molecule has 0 bridgehead atoms. The summed E-state index contributed by atoms with van der Waals surface area (Å²) in [6.07, 6.45) is 0.823. The number of nitrogens with one attached hydrogen (secondary N) is 1. The molecule has 0 saturated carbocycles. The van der Waals surface area contributed by atoms with Gasteiger partial charge in [0, 0.05) is 17.9 Å². The molecule has 1 aromatic heterocycles. The minimum absolute atomic E-state index is 0.196. The quantitative estimate of drug-likeness (QED) is 0.689. The Bertz CT molecular complexity index is 753. The average Bonchev–Trinajstić information content (AvgIpc) is 2.87. The van der Waals surface area contributed by atoms with E-state index in [9.17, 15) is 4.39 Å². The van der Waals surface area contributed by atoms with Crippen molar-refractivity contribution >= 4 is 11.8 Å². The minimum atomic E-state index is -0.196. The summed E-state index contributed by atoms with van der Waals surface area (Å²) in [6, 6.07) is 17.0. The topological polar surface area (TPSA) is 28.7 Å². The van der Waals surface area contributed by atoms with Crippen molar-refractivity contribution in [2.24, 2.45) is 0 Å². The lowest BCUT2D eigenvalue weighted by atomic mass is 10.1. The van der Waals surface area contributed by atoms with E-state index in [1.165, 1.54) is 11.6 Å². The summed E-state index contributed by atoms with van der Waals surface area (Å²) in [4.78, 5) is 7.96. The zero-order chi connectivity index (χ0) is 15.4. The molecule has 0 radical (unpaired) electrons. The zero-order valence-electron chi connectivity index (χ0n) is 12.3. The number of halogens is 1. The van der Waals surface area contributed by atoms with Crippen LogP contribution < -0.4 is 0 Å². The number of rotatable bonds is 5. The predicted octanol–water partition coefficient (Wildman–Crippen LogP) is 4.74. The third-order valence-electron chi connectivity index (χ3n) is 3.44. The van der Waals surface area contributed by atoms with Gasteiger partial charge in [-0.25, -0.2) is 9.37 Å². The second-order valence-corrected chi connectivity index (χ2v) is 6.16. The first kappa shape index (κ1) is 14.9. The zero-order valence-corrected chi connectivity index (χ0v) is 13.2. The van der Waals surface area contributed by atoms with E-state index in [0.717, 1.165) is 28.5 Å². The summed E-state index contributed by atoms with van der Waals surface area (Å²) in [5.74, 6) is 0.508. The Hall–Kier alpha value is -2.07. The number of aromatic nitrogens is 2. The molecule has 22 heavy (non-hydrogen) atoms. The van der Waals surface area contributed by atoms with Crippen molar-refractivity contribution in [2.75, 3.05) is 0 Å². The molecular formula is C18H17FN2S. The summed E-state index contributed by atoms with van der Waals surface area (Å²) in [5.41, 5.74) is 4.36. The maximum Gasteiger partial charge on any atom is 0.166 e. The number of hydrogen-bond donors (Lipinski definition) is 1. The van der Waals surface area contributed by atoms with Crippen molar-refractivity contribution in [1.29, 1.82) is 0 Å². The van der Waals surface area contributed by atoms with Crippen molar-refractivity contribution in [3.05, 3.63) is 82.9 Å². The van der Waals surface area contributed by atoms with Crippen molar-refractivity contribution in [1.82, 2.24) is 9.97 Å². The molecule has 0 aliphatic carbocycles. The van der Waals surface area contributed by atoms with E-state index in [1.54, 1.807) is 23.9 Å². The van der Waals surface area contributed by atoms with Gasteiger partial charge in [0.25, 0.3) is 0 Å². The third-order valence-corrected chi connectivity index (χ3v) is 4.39. The molecule has 0 aliphatic rings. The van der Waals surface area contributed by atoms with Crippen molar-refractivity contribution < 1.29 is 4.39 Å². The molecule has 3 rings (SSSR count). The fraction of sp³-hybridized carbons (Fsp3) is 0.167. The van der Waals surface area contributed by atoms with Crippen LogP contribution in [0.5, 0.6) is 0 Å². The Morgan fingerprint density at radius 3 is 2.59 bits per heavy atom. The average molecular weight is 312 g/mol. The minimum Gasteiger partial charge on any atom is -0.337 e. The van der Waals surface area contributed by atoms with Crippen molar-refractivity contribution in [3.63, 3.8) is 0 Å². The first-order chi connectivity index (χ1) is 10.7. The highest BCUT2D eigenvalue weighted by Gasteiger charge is 2.08. The van der Waals surface area contributed by atoms with Crippen LogP contribution in [0.2, 0.25) is 0 Å². The number of benzene rings is 2. The van der Waals surface area contributed by atoms with Gasteiger partial charge in [-0.1, -0.05) is 54.2 Å². The second kappa shape index (κ2) is 6.79. The van der Waals surface area contributed by atoms with Crippen LogP contribution in [0.15, 0.2) is 59.8 Å². The molecule has 0 atom stereocenters. The van der Waals surface area contributed by atoms with Crippen LogP contribution >= 0.6 is 11.8 Å². The SMILES string of the molecule is Cc1[nH]c(SCc2cccc(F)c2)nc1Cc1ccccc1. The van der Waals surface area contributed by atoms with Crippen molar-refractivity contribution in [2.45, 2.75) is 24.3 Å². The standard InChI is InChI=1S/C18H17FN2S/c1-13-17(11-14-6-3-2-4-7-14)21-18(20-13)22-12-15-8-5-9-16(19)10-15/h2-10H,11-12H2,1H3,(H,20,21). The molecule has 0 saturated heterocycles. The summed E-state index contributed by atoms with van der Waals surface area (Å²) >= 11 is 1.59. The monoisotopic (exact) mass is 312 g/mol. The molecule has 0 fully saturated rings. The molecule has 0 unspecified atom stereocenters. The fourth-order valence-electron chi connectivity index (χ4n) is 2.28. The van der Waals surface area contributed by atoms with Crippen LogP contribution in [0.25, 0.3) is 0 Å². The number of imidazole rings is 1. The number of thioether (sulfide) groups is 1. The number of aryl methyl sites for hydroxylation is 1. The molecule has 2 nitrogen and oxygen atoms in total. The van der Waals surface area contributed by atoms with Gasteiger partial charge >= 0.3 is 0 Å². The molecule has 4 heteroatoms. The Morgan fingerprint density at radius 1 is 1.05 bits per heavy atom. The largest absolute Gasteiger partial charge is 0.337 e. The molecule has 1 N–H and O–H groups in total. The number of H-pyrrole nitrogens is 1. The molecule has 2 aromatic carbocycles. The lowest BCUT2D eigenvalue weighted by Gasteiger charge is -1.99. The second-order valence-electron chi connectivity index (χ2n) is 5.19. The van der Waals surface area contributed by atoms with Crippen LogP contribution in [0, 0.1) is 12.7 Å². The first-order valence-corrected chi connectivity index (χ1v) is 8.16. The van der Waals surface area contributed by atoms with Gasteiger partial charge in [0.05, 0.1) is 5.69 Å². The smallest absolute Gasteiger partial charge is 0.166 e. The Balaban J connectivity index is 1.67. The maximum absolute atomic E-state index is 13.2. The van der Waals surface area contributed by atoms with Crippen LogP contribution in [0.1, 0.15) is 22.5 Å². The molecule has 0 amide bonds. The van der Waals surface area contributed by atoms with Gasteiger partial charge in [-0.2, -0.15) is 0 Å². The molecular weight excluding hydrogens is 295 g/mol. The number of nitrogens with zero attached hydrogens (tertiary/aromatic N) is 1. The molecule has 3 aromatic rings. The van der Waals surface area contributed by atoms with Gasteiger partial charge in [-0.05, 0) is 30.2 Å². The van der Waals surface area contributed by atoms with E-state index < -0.39 is 0 Å². The Morgan fingerprint density at radius 2 is 1.82 bits per heavy atom. The van der Waals surface area contributed by atoms with Gasteiger partial charge < -0.3 is 4.98 Å². The Labute approximate surface area is 133 Å². The number of aromatic amines is 1. The molecule has 1 heterocycles. The van der Waals surface area contributed by atoms with Crippen LogP contribution in [-0.4, -0.2) is 9.97 Å². The van der Waals surface area contributed by atoms with Crippen LogP contribution in [0.3, 0.4) is 0 Å². The highest BCUT2D eigenvalue weighted by atomic mass is 32.2. The van der Waals surface area contributed by atoms with Gasteiger partial charge in [-0.15, -0.1) is 0 Å². The first-order valence-electron chi connectivity index (χ1n) is 7.17. The van der Waals surface area contributed by atoms with E-state index >= 15 is 0 Å². The van der Waals surface area contributed by atoms with Gasteiger partial charge in [-0.3, -0.25) is 0 Å². The fourth-order valence-corrected chi connectivity index (χ4v) is 3.16. The Kier molecular flexibility index (Phi) is 4.59. The van der Waals surface area contributed by atoms with Gasteiger partial charge in [0.15, 0.2) is 5.16 Å². The summed E-state index contributed by atoms with van der Waals surface area (Å²) in [6.45, 7) is 2.04. The summed E-state index contributed by atoms with van der Waals surface area (Å²) < 4.78 is 13.2. The van der Waals surface area contributed by atoms with Gasteiger partial charge in [0.1, 0.15) is 5.82 Å². The van der Waals surface area contributed by atoms with Crippen LogP contribution in [0.4, 0.5) is 4.39 Å². The van der Waals surface area contributed by atoms with E-state index in [2.05, 4.69) is 22.1 Å². The third kappa shape index (κ3) is 3.77. The molecule has 0 aliphatic heterocycles. The van der Waals surface area contributed by atoms with E-state index in [-0.39, 0.29) is 5.82 Å². The van der Waals surface area contributed by atoms with E-state index in [0.29, 0.717) is 5.75 Å². The number of hydrogen-bond acceptors (Lipinski definition) is 2. The highest BCUT2D eigenvalue weighted by Crippen LogP contribution is 2.23. The van der Waals surface area contributed by atoms with Crippen LogP contribution in [-0.2, 0) is 12.2 Å².